The van der Waals surface area contributed by atoms with Crippen LogP contribution >= 0.6 is 11.3 Å². The number of nitrogens with zero attached hydrogens (tertiary/aromatic N) is 1. The van der Waals surface area contributed by atoms with Crippen LogP contribution in [0.3, 0.4) is 0 Å². The smallest absolute Gasteiger partial charge is 0.0985 e. The molecule has 1 aromatic rings. The molecule has 0 bridgehead atoms. The molecular formula is C14H24N2S. The van der Waals surface area contributed by atoms with Gasteiger partial charge in [0.2, 0.25) is 0 Å². The average Bonchev–Trinajstić information content (AvgIpc) is 2.72. The van der Waals surface area contributed by atoms with Gasteiger partial charge in [0.15, 0.2) is 0 Å². The Labute approximate surface area is 109 Å². The molecule has 1 rings (SSSR count). The summed E-state index contributed by atoms with van der Waals surface area (Å²) in [5.41, 5.74) is 2.68. The average molecular weight is 252 g/mol. The molecule has 1 aromatic heterocycles. The van der Waals surface area contributed by atoms with Crippen LogP contribution in [-0.2, 0) is 5.41 Å². The molecule has 0 amide bonds. The van der Waals surface area contributed by atoms with Crippen LogP contribution in [0.5, 0.6) is 0 Å². The first-order chi connectivity index (χ1) is 7.97. The van der Waals surface area contributed by atoms with Crippen LogP contribution in [0.1, 0.15) is 51.7 Å². The van der Waals surface area contributed by atoms with E-state index in [9.17, 15) is 0 Å². The Hall–Kier alpha value is -0.670. The lowest BCUT2D eigenvalue weighted by molar-refractivity contribution is 0.585. The fourth-order valence-corrected chi connectivity index (χ4v) is 2.33. The summed E-state index contributed by atoms with van der Waals surface area (Å²) in [7, 11) is 0. The fourth-order valence-electron chi connectivity index (χ4n) is 1.47. The standard InChI is InChI=1S/C14H24N2S/c1-6-11(9-15-7-2)8-12-10-17-13(16-12)14(3,4)5/h8,10,15H,6-7,9H2,1-5H3. The zero-order valence-electron chi connectivity index (χ0n) is 11.6. The van der Waals surface area contributed by atoms with Gasteiger partial charge in [0.05, 0.1) is 10.7 Å². The maximum atomic E-state index is 4.69. The highest BCUT2D eigenvalue weighted by molar-refractivity contribution is 7.09. The molecule has 0 aliphatic rings. The van der Waals surface area contributed by atoms with Gasteiger partial charge in [-0.3, -0.25) is 0 Å². The van der Waals surface area contributed by atoms with Crippen LogP contribution in [-0.4, -0.2) is 18.1 Å². The van der Waals surface area contributed by atoms with Crippen molar-refractivity contribution in [3.63, 3.8) is 0 Å². The summed E-state index contributed by atoms with van der Waals surface area (Å²) in [5.74, 6) is 0. The molecule has 17 heavy (non-hydrogen) atoms. The van der Waals surface area contributed by atoms with Crippen molar-refractivity contribution in [3.05, 3.63) is 21.7 Å². The van der Waals surface area contributed by atoms with Gasteiger partial charge in [-0.05, 0) is 19.0 Å². The molecule has 0 saturated carbocycles. The van der Waals surface area contributed by atoms with Crippen molar-refractivity contribution in [1.82, 2.24) is 10.3 Å². The van der Waals surface area contributed by atoms with Gasteiger partial charge in [0.1, 0.15) is 0 Å². The van der Waals surface area contributed by atoms with E-state index in [4.69, 9.17) is 4.98 Å². The normalized spacial score (nSPS) is 13.1. The highest BCUT2D eigenvalue weighted by Gasteiger charge is 2.17. The first-order valence-electron chi connectivity index (χ1n) is 6.33. The fraction of sp³-hybridized carbons (Fsp3) is 0.643. The quantitative estimate of drug-likeness (QED) is 0.861. The molecule has 0 atom stereocenters. The molecule has 96 valence electrons. The zero-order chi connectivity index (χ0) is 12.9. The topological polar surface area (TPSA) is 24.9 Å². The maximum absolute atomic E-state index is 4.69. The molecular weight excluding hydrogens is 228 g/mol. The van der Waals surface area contributed by atoms with Crippen molar-refractivity contribution >= 4 is 17.4 Å². The van der Waals surface area contributed by atoms with Gasteiger partial charge in [0.25, 0.3) is 0 Å². The lowest BCUT2D eigenvalue weighted by atomic mass is 9.98. The summed E-state index contributed by atoms with van der Waals surface area (Å²) < 4.78 is 0. The van der Waals surface area contributed by atoms with Crippen molar-refractivity contribution in [2.75, 3.05) is 13.1 Å². The number of thiazole rings is 1. The van der Waals surface area contributed by atoms with Crippen molar-refractivity contribution in [1.29, 1.82) is 0 Å². The molecule has 0 fully saturated rings. The van der Waals surface area contributed by atoms with Crippen LogP contribution < -0.4 is 5.32 Å². The third-order valence-electron chi connectivity index (χ3n) is 2.57. The third kappa shape index (κ3) is 4.60. The van der Waals surface area contributed by atoms with E-state index < -0.39 is 0 Å². The molecule has 0 aromatic carbocycles. The van der Waals surface area contributed by atoms with Crippen molar-refractivity contribution in [2.24, 2.45) is 0 Å². The predicted octanol–water partition coefficient (Wildman–Crippen LogP) is 3.84. The summed E-state index contributed by atoms with van der Waals surface area (Å²) in [6, 6.07) is 0. The van der Waals surface area contributed by atoms with E-state index in [1.165, 1.54) is 10.6 Å². The maximum Gasteiger partial charge on any atom is 0.0985 e. The Balaban J connectivity index is 2.79. The van der Waals surface area contributed by atoms with Gasteiger partial charge in [-0.25, -0.2) is 4.98 Å². The summed E-state index contributed by atoms with van der Waals surface area (Å²) in [5, 5.41) is 6.73. The van der Waals surface area contributed by atoms with Gasteiger partial charge in [-0.15, -0.1) is 11.3 Å². The van der Waals surface area contributed by atoms with Crippen molar-refractivity contribution in [3.8, 4) is 0 Å². The Kier molecular flexibility index (Phi) is 5.34. The summed E-state index contributed by atoms with van der Waals surface area (Å²) >= 11 is 1.76. The van der Waals surface area contributed by atoms with E-state index in [0.29, 0.717) is 0 Å². The van der Waals surface area contributed by atoms with E-state index in [-0.39, 0.29) is 5.41 Å². The van der Waals surface area contributed by atoms with Gasteiger partial charge in [-0.1, -0.05) is 40.2 Å². The number of hydrogen-bond acceptors (Lipinski definition) is 3. The monoisotopic (exact) mass is 252 g/mol. The van der Waals surface area contributed by atoms with Crippen LogP contribution in [0.15, 0.2) is 11.0 Å². The Bertz CT molecular complexity index is 372. The van der Waals surface area contributed by atoms with Gasteiger partial charge >= 0.3 is 0 Å². The Morgan fingerprint density at radius 1 is 1.41 bits per heavy atom. The lowest BCUT2D eigenvalue weighted by Crippen LogP contribution is -2.15. The number of nitrogens with one attached hydrogen (secondary N) is 1. The van der Waals surface area contributed by atoms with E-state index >= 15 is 0 Å². The molecule has 0 aliphatic carbocycles. The first kappa shape index (κ1) is 14.4. The summed E-state index contributed by atoms with van der Waals surface area (Å²) in [6.45, 7) is 12.9. The molecule has 0 radical (unpaired) electrons. The lowest BCUT2D eigenvalue weighted by Gasteiger charge is -2.13. The Morgan fingerprint density at radius 3 is 2.59 bits per heavy atom. The molecule has 1 heterocycles. The first-order valence-corrected chi connectivity index (χ1v) is 7.21. The van der Waals surface area contributed by atoms with Crippen molar-refractivity contribution < 1.29 is 0 Å². The summed E-state index contributed by atoms with van der Waals surface area (Å²) in [4.78, 5) is 4.69. The van der Waals surface area contributed by atoms with E-state index in [2.05, 4.69) is 51.4 Å². The largest absolute Gasteiger partial charge is 0.313 e. The minimum Gasteiger partial charge on any atom is -0.313 e. The third-order valence-corrected chi connectivity index (χ3v) is 3.86. The second-order valence-corrected chi connectivity index (χ2v) is 6.12. The number of rotatable bonds is 5. The molecule has 0 spiro atoms. The summed E-state index contributed by atoms with van der Waals surface area (Å²) in [6.07, 6.45) is 3.30. The van der Waals surface area contributed by atoms with Crippen LogP contribution in [0.2, 0.25) is 0 Å². The van der Waals surface area contributed by atoms with Gasteiger partial charge < -0.3 is 5.32 Å². The highest BCUT2D eigenvalue weighted by atomic mass is 32.1. The van der Waals surface area contributed by atoms with Crippen molar-refractivity contribution in [2.45, 2.75) is 46.5 Å². The molecule has 0 aliphatic heterocycles. The predicted molar refractivity (Wildman–Crippen MR) is 77.6 cm³/mol. The van der Waals surface area contributed by atoms with Crippen LogP contribution in [0.4, 0.5) is 0 Å². The Morgan fingerprint density at radius 2 is 2.12 bits per heavy atom. The SMILES string of the molecule is CCNCC(=Cc1csc(C(C)(C)C)n1)CC. The molecule has 1 N–H and O–H groups in total. The van der Waals surface area contributed by atoms with Gasteiger partial charge in [0, 0.05) is 17.3 Å². The second-order valence-electron chi connectivity index (χ2n) is 5.26. The minimum absolute atomic E-state index is 0.158. The van der Waals surface area contributed by atoms with Crippen LogP contribution in [0.25, 0.3) is 6.08 Å². The van der Waals surface area contributed by atoms with E-state index in [1.54, 1.807) is 11.3 Å². The molecule has 0 unspecified atom stereocenters. The molecule has 3 heteroatoms. The number of likely N-dealkylation sites (N-methyl/N-ethyl adjacent to an activating group) is 1. The molecule has 0 saturated heterocycles. The minimum atomic E-state index is 0.158. The zero-order valence-corrected chi connectivity index (χ0v) is 12.4. The van der Waals surface area contributed by atoms with Gasteiger partial charge in [-0.2, -0.15) is 0 Å². The second kappa shape index (κ2) is 6.31. The van der Waals surface area contributed by atoms with Crippen LogP contribution in [0, 0.1) is 0 Å². The molecule has 2 nitrogen and oxygen atoms in total. The number of hydrogen-bond donors (Lipinski definition) is 1. The van der Waals surface area contributed by atoms with E-state index in [0.717, 1.165) is 25.2 Å². The van der Waals surface area contributed by atoms with E-state index in [1.807, 2.05) is 0 Å². The highest BCUT2D eigenvalue weighted by Crippen LogP contribution is 2.26. The number of aromatic nitrogens is 1.